The van der Waals surface area contributed by atoms with Crippen molar-refractivity contribution in [1.82, 2.24) is 18.9 Å². The molecule has 0 aliphatic carbocycles. The third-order valence-corrected chi connectivity index (χ3v) is 8.94. The van der Waals surface area contributed by atoms with Gasteiger partial charge < -0.3 is 28.6 Å². The molecule has 0 radical (unpaired) electrons. The number of rotatable bonds is 13. The van der Waals surface area contributed by atoms with E-state index in [9.17, 15) is 37.1 Å². The van der Waals surface area contributed by atoms with Crippen LogP contribution in [0.1, 0.15) is 63.3 Å². The summed E-state index contributed by atoms with van der Waals surface area (Å²) in [6.07, 6.45) is 3.33. The molecule has 0 spiro atoms. The lowest BCUT2D eigenvalue weighted by atomic mass is 10.0. The van der Waals surface area contributed by atoms with Gasteiger partial charge in [-0.05, 0) is 82.9 Å². The Bertz CT molecular complexity index is 2200. The largest absolute Gasteiger partial charge is 0.486 e. The normalized spacial score (nSPS) is 13.6. The summed E-state index contributed by atoms with van der Waals surface area (Å²) >= 11 is 0. The summed E-state index contributed by atoms with van der Waals surface area (Å²) in [5.41, 5.74) is -1.18. The van der Waals surface area contributed by atoms with E-state index in [4.69, 9.17) is 14.2 Å². The van der Waals surface area contributed by atoms with Crippen molar-refractivity contribution in [3.05, 3.63) is 112 Å². The number of likely N-dealkylation sites (N-methyl/N-ethyl adjacent to an activating group) is 1. The third kappa shape index (κ3) is 10.5. The second-order valence-electron chi connectivity index (χ2n) is 14.7. The monoisotopic (exact) mass is 778 g/mol. The van der Waals surface area contributed by atoms with Crippen LogP contribution in [0.25, 0.3) is 10.9 Å². The van der Waals surface area contributed by atoms with Gasteiger partial charge in [-0.15, -0.1) is 0 Å². The Labute approximate surface area is 322 Å². The van der Waals surface area contributed by atoms with Crippen LogP contribution < -0.4 is 10.3 Å². The number of halogens is 3. The van der Waals surface area contributed by atoms with Gasteiger partial charge >= 0.3 is 12.2 Å². The molecule has 12 nitrogen and oxygen atoms in total. The molecule has 298 valence electrons. The number of carbonyl (C=O) groups is 4. The Balaban J connectivity index is 1.45. The number of ether oxygens (including phenoxy) is 3. The maximum absolute atomic E-state index is 15.0. The molecule has 5 rings (SSSR count). The second-order valence-corrected chi connectivity index (χ2v) is 14.7. The number of aromatic nitrogens is 2. The highest BCUT2D eigenvalue weighted by atomic mass is 19.1. The number of Topliss-reactive ketones (excluding diaryl/α,β-unsaturated/α-hetero) is 1. The number of benzene rings is 2. The number of amides is 2. The van der Waals surface area contributed by atoms with Crippen LogP contribution in [0.3, 0.4) is 0 Å². The molecule has 1 fully saturated rings. The number of likely N-dealkylation sites (tertiary alicyclic amines) is 1. The fourth-order valence-electron chi connectivity index (χ4n) is 6.15. The van der Waals surface area contributed by atoms with E-state index in [0.29, 0.717) is 19.2 Å². The van der Waals surface area contributed by atoms with Crippen LogP contribution in [-0.4, -0.2) is 81.7 Å². The van der Waals surface area contributed by atoms with Crippen molar-refractivity contribution in [2.24, 2.45) is 0 Å². The fraction of sp³-hybridized carbons (Fsp3) is 0.390. The quantitative estimate of drug-likeness (QED) is 0.136. The van der Waals surface area contributed by atoms with Crippen molar-refractivity contribution < 1.29 is 46.6 Å². The number of hydrogen-bond donors (Lipinski definition) is 0. The van der Waals surface area contributed by atoms with Gasteiger partial charge in [-0.25, -0.2) is 27.3 Å². The first-order chi connectivity index (χ1) is 26.5. The van der Waals surface area contributed by atoms with Gasteiger partial charge in [0.25, 0.3) is 5.56 Å². The first-order valence-electron chi connectivity index (χ1n) is 18.2. The van der Waals surface area contributed by atoms with E-state index in [-0.39, 0.29) is 65.2 Å². The molecule has 0 unspecified atom stereocenters. The van der Waals surface area contributed by atoms with E-state index >= 15 is 0 Å². The van der Waals surface area contributed by atoms with E-state index < -0.39 is 59.3 Å². The Hall–Kier alpha value is -5.86. The maximum atomic E-state index is 15.0. The maximum Gasteiger partial charge on any atom is 0.419 e. The van der Waals surface area contributed by atoms with Gasteiger partial charge in [0, 0.05) is 68.4 Å². The van der Waals surface area contributed by atoms with Crippen molar-refractivity contribution in [2.75, 3.05) is 27.2 Å². The fourth-order valence-corrected chi connectivity index (χ4v) is 6.15. The Morgan fingerprint density at radius 1 is 0.929 bits per heavy atom. The first kappa shape index (κ1) is 41.3. The number of carbonyl (C=O) groups excluding carboxylic acids is 4. The molecule has 0 saturated carbocycles. The summed E-state index contributed by atoms with van der Waals surface area (Å²) in [7, 11) is 3.21. The number of fused-ring (bicyclic) bond motifs is 1. The van der Waals surface area contributed by atoms with Gasteiger partial charge in [-0.2, -0.15) is 0 Å². The number of allylic oxidation sites excluding steroid dienone is 1. The lowest BCUT2D eigenvalue weighted by molar-refractivity contribution is -0.127. The van der Waals surface area contributed by atoms with Gasteiger partial charge in [0.05, 0.1) is 12.2 Å². The molecule has 2 amide bonds. The van der Waals surface area contributed by atoms with Gasteiger partial charge in [0.2, 0.25) is 5.91 Å². The smallest absolute Gasteiger partial charge is 0.419 e. The molecule has 1 aliphatic rings. The Morgan fingerprint density at radius 2 is 1.66 bits per heavy atom. The van der Waals surface area contributed by atoms with Crippen molar-refractivity contribution in [3.63, 3.8) is 0 Å². The molecular weight excluding hydrogens is 733 g/mol. The highest BCUT2D eigenvalue weighted by Gasteiger charge is 2.29. The summed E-state index contributed by atoms with van der Waals surface area (Å²) in [5.74, 6) is -3.28. The Morgan fingerprint density at radius 3 is 2.34 bits per heavy atom. The van der Waals surface area contributed by atoms with E-state index in [1.807, 2.05) is 0 Å². The second kappa shape index (κ2) is 17.7. The van der Waals surface area contributed by atoms with Crippen LogP contribution >= 0.6 is 0 Å². The SMILES string of the molecule is CN(C)C(=O)/C=C/CC[C@H](OC(=O)N1CCCC1)C(=O)Cc1cccn(Cc2cc3cc(F)cc(OCc4ccc(F)cc4F)c3n2C(=O)OC(C)(C)C)c1=O. The minimum absolute atomic E-state index is 0.0127. The lowest BCUT2D eigenvalue weighted by Crippen LogP contribution is -2.37. The number of hydrogen-bond acceptors (Lipinski definition) is 8. The van der Waals surface area contributed by atoms with Gasteiger partial charge in [-0.3, -0.25) is 14.4 Å². The predicted octanol–water partition coefficient (Wildman–Crippen LogP) is 6.77. The molecule has 15 heteroatoms. The summed E-state index contributed by atoms with van der Waals surface area (Å²) in [5, 5.41) is 0.212. The van der Waals surface area contributed by atoms with Crippen molar-refractivity contribution in [3.8, 4) is 5.75 Å². The van der Waals surface area contributed by atoms with Crippen LogP contribution in [-0.2, 0) is 38.6 Å². The predicted molar refractivity (Wildman–Crippen MR) is 201 cm³/mol. The van der Waals surface area contributed by atoms with Gasteiger partial charge in [-0.1, -0.05) is 12.1 Å². The standard InChI is InChI=1S/C41H45F3N4O8/c1-41(2,3)56-40(53)48-31(20-28-19-30(43)23-35(37(28)48)54-25-27-14-15-29(42)22-32(27)44)24-47-18-10-11-26(38(47)51)21-33(49)34(12-6-7-13-36(50)45(4)5)55-39(52)46-16-8-9-17-46/h7,10-11,13-15,18-20,22-23,34H,6,8-9,12,16-17,21,24-25H2,1-5H3/b13-7+/t34-/m0/s1. The highest BCUT2D eigenvalue weighted by molar-refractivity contribution is 5.95. The van der Waals surface area contributed by atoms with Crippen LogP contribution in [0.4, 0.5) is 22.8 Å². The first-order valence-corrected chi connectivity index (χ1v) is 18.2. The highest BCUT2D eigenvalue weighted by Crippen LogP contribution is 2.33. The third-order valence-electron chi connectivity index (χ3n) is 8.94. The molecule has 2 aromatic carbocycles. The van der Waals surface area contributed by atoms with Crippen LogP contribution in [0, 0.1) is 17.5 Å². The molecule has 1 saturated heterocycles. The zero-order valence-corrected chi connectivity index (χ0v) is 32.0. The van der Waals surface area contributed by atoms with Gasteiger partial charge in [0.15, 0.2) is 11.9 Å². The van der Waals surface area contributed by atoms with Crippen LogP contribution in [0.15, 0.2) is 71.7 Å². The van der Waals surface area contributed by atoms with Crippen LogP contribution in [0.2, 0.25) is 0 Å². The minimum Gasteiger partial charge on any atom is -0.486 e. The van der Waals surface area contributed by atoms with E-state index in [1.54, 1.807) is 47.0 Å². The van der Waals surface area contributed by atoms with E-state index in [0.717, 1.165) is 35.6 Å². The van der Waals surface area contributed by atoms with Crippen LogP contribution in [0.5, 0.6) is 5.75 Å². The Kier molecular flexibility index (Phi) is 13.1. The average molecular weight is 779 g/mol. The van der Waals surface area contributed by atoms with Crippen molar-refractivity contribution in [1.29, 1.82) is 0 Å². The minimum atomic E-state index is -1.19. The topological polar surface area (TPSA) is 129 Å². The molecule has 0 bridgehead atoms. The van der Waals surface area contributed by atoms with E-state index in [1.165, 1.54) is 44.8 Å². The zero-order chi connectivity index (χ0) is 40.7. The molecular formula is C41H45F3N4O8. The van der Waals surface area contributed by atoms with Crippen molar-refractivity contribution >= 4 is 34.8 Å². The molecule has 2 aromatic heterocycles. The molecule has 4 aromatic rings. The summed E-state index contributed by atoms with van der Waals surface area (Å²) in [4.78, 5) is 69.2. The number of ketones is 1. The summed E-state index contributed by atoms with van der Waals surface area (Å²) in [6, 6.07) is 9.64. The summed E-state index contributed by atoms with van der Waals surface area (Å²) in [6.45, 7) is 5.33. The molecule has 3 heterocycles. The van der Waals surface area contributed by atoms with E-state index in [2.05, 4.69) is 0 Å². The van der Waals surface area contributed by atoms with Gasteiger partial charge in [0.1, 0.15) is 40.9 Å². The van der Waals surface area contributed by atoms with Crippen molar-refractivity contribution in [2.45, 2.75) is 77.7 Å². The average Bonchev–Trinajstić information content (AvgIpc) is 3.78. The lowest BCUT2D eigenvalue weighted by Gasteiger charge is -2.22. The molecule has 56 heavy (non-hydrogen) atoms. The molecule has 1 atom stereocenters. The summed E-state index contributed by atoms with van der Waals surface area (Å²) < 4.78 is 62.5. The number of nitrogens with zero attached hydrogens (tertiary/aromatic N) is 4. The molecule has 1 aliphatic heterocycles. The zero-order valence-electron chi connectivity index (χ0n) is 32.0. The molecule has 0 N–H and O–H groups in total. The number of pyridine rings is 1.